The summed E-state index contributed by atoms with van der Waals surface area (Å²) in [6.45, 7) is 0.0406. The molecule has 1 aliphatic carbocycles. The second-order valence-electron chi connectivity index (χ2n) is 5.56. The van der Waals surface area contributed by atoms with Crippen molar-refractivity contribution in [2.45, 2.75) is 50.8 Å². The lowest BCUT2D eigenvalue weighted by Gasteiger charge is -2.39. The molecule has 2 rings (SSSR count). The Morgan fingerprint density at radius 1 is 1.06 bits per heavy atom. The molecular formula is C13H21F3O2. The van der Waals surface area contributed by atoms with E-state index < -0.39 is 24.1 Å². The van der Waals surface area contributed by atoms with E-state index in [2.05, 4.69) is 0 Å². The predicted octanol–water partition coefficient (Wildman–Crippen LogP) is 3.14. The van der Waals surface area contributed by atoms with Crippen LogP contribution in [0.4, 0.5) is 13.2 Å². The van der Waals surface area contributed by atoms with Gasteiger partial charge in [0.15, 0.2) is 0 Å². The highest BCUT2D eigenvalue weighted by atomic mass is 19.4. The Morgan fingerprint density at radius 2 is 1.72 bits per heavy atom. The molecule has 5 heteroatoms. The van der Waals surface area contributed by atoms with Gasteiger partial charge in [-0.3, -0.25) is 0 Å². The minimum atomic E-state index is -4.26. The van der Waals surface area contributed by atoms with Crippen LogP contribution in [0, 0.1) is 17.8 Å². The first-order valence-corrected chi connectivity index (χ1v) is 6.82. The van der Waals surface area contributed by atoms with Crippen LogP contribution in [-0.2, 0) is 4.74 Å². The number of alkyl halides is 3. The second kappa shape index (κ2) is 5.78. The van der Waals surface area contributed by atoms with Crippen molar-refractivity contribution in [3.8, 4) is 0 Å². The van der Waals surface area contributed by atoms with Crippen molar-refractivity contribution in [3.05, 3.63) is 0 Å². The molecule has 0 bridgehead atoms. The molecule has 2 fully saturated rings. The monoisotopic (exact) mass is 266 g/mol. The van der Waals surface area contributed by atoms with E-state index in [-0.39, 0.29) is 12.5 Å². The van der Waals surface area contributed by atoms with Crippen LogP contribution in [0.5, 0.6) is 0 Å². The summed E-state index contributed by atoms with van der Waals surface area (Å²) < 4.78 is 43.7. The van der Waals surface area contributed by atoms with Gasteiger partial charge in [-0.1, -0.05) is 19.3 Å². The smallest absolute Gasteiger partial charge is 0.393 e. The molecule has 1 N–H and O–H groups in total. The van der Waals surface area contributed by atoms with E-state index in [1.807, 2.05) is 0 Å². The zero-order valence-electron chi connectivity index (χ0n) is 10.5. The molecule has 0 amide bonds. The Balaban J connectivity index is 2.03. The number of hydrogen-bond donors (Lipinski definition) is 1. The van der Waals surface area contributed by atoms with Crippen LogP contribution in [0.3, 0.4) is 0 Å². The first kappa shape index (κ1) is 14.1. The van der Waals surface area contributed by atoms with E-state index in [0.717, 1.165) is 32.1 Å². The molecule has 2 unspecified atom stereocenters. The lowest BCUT2D eigenvalue weighted by molar-refractivity contribution is -0.230. The SMILES string of the molecule is OC(C1CCCCC1)C1CCOC[C@@H]1C(F)(F)F. The molecule has 0 aromatic heterocycles. The average Bonchev–Trinajstić information content (AvgIpc) is 2.38. The van der Waals surface area contributed by atoms with Gasteiger partial charge in [0.25, 0.3) is 0 Å². The number of aliphatic hydroxyl groups is 1. The average molecular weight is 266 g/mol. The van der Waals surface area contributed by atoms with Crippen LogP contribution in [0.1, 0.15) is 38.5 Å². The van der Waals surface area contributed by atoms with Gasteiger partial charge in [-0.05, 0) is 25.2 Å². The summed E-state index contributed by atoms with van der Waals surface area (Å²) in [5.41, 5.74) is 0. The molecule has 1 heterocycles. The highest BCUT2D eigenvalue weighted by Crippen LogP contribution is 2.41. The summed E-state index contributed by atoms with van der Waals surface area (Å²) >= 11 is 0. The number of halogens is 3. The van der Waals surface area contributed by atoms with Gasteiger partial charge < -0.3 is 9.84 Å². The number of aliphatic hydroxyl groups excluding tert-OH is 1. The topological polar surface area (TPSA) is 29.5 Å². The third-order valence-corrected chi connectivity index (χ3v) is 4.40. The van der Waals surface area contributed by atoms with Crippen LogP contribution in [0.15, 0.2) is 0 Å². The minimum Gasteiger partial charge on any atom is -0.393 e. The van der Waals surface area contributed by atoms with Crippen LogP contribution in [-0.4, -0.2) is 30.6 Å². The Hall–Kier alpha value is -0.290. The fourth-order valence-electron chi connectivity index (χ4n) is 3.33. The third-order valence-electron chi connectivity index (χ3n) is 4.40. The summed E-state index contributed by atoms with van der Waals surface area (Å²) in [6, 6.07) is 0. The molecule has 2 nitrogen and oxygen atoms in total. The molecule has 2 aliphatic rings. The predicted molar refractivity (Wildman–Crippen MR) is 61.1 cm³/mol. The normalized spacial score (nSPS) is 33.3. The van der Waals surface area contributed by atoms with Crippen molar-refractivity contribution in [2.75, 3.05) is 13.2 Å². The molecule has 1 saturated carbocycles. The number of hydrogen-bond acceptors (Lipinski definition) is 2. The summed E-state index contributed by atoms with van der Waals surface area (Å²) in [7, 11) is 0. The molecule has 0 spiro atoms. The van der Waals surface area contributed by atoms with Crippen LogP contribution >= 0.6 is 0 Å². The van der Waals surface area contributed by atoms with Gasteiger partial charge in [0.05, 0.1) is 18.6 Å². The Morgan fingerprint density at radius 3 is 2.33 bits per heavy atom. The highest BCUT2D eigenvalue weighted by Gasteiger charge is 2.49. The fraction of sp³-hybridized carbons (Fsp3) is 1.00. The van der Waals surface area contributed by atoms with Crippen molar-refractivity contribution >= 4 is 0 Å². The van der Waals surface area contributed by atoms with Crippen molar-refractivity contribution in [1.29, 1.82) is 0 Å². The van der Waals surface area contributed by atoms with E-state index in [1.54, 1.807) is 0 Å². The molecule has 0 aromatic carbocycles. The first-order chi connectivity index (χ1) is 8.50. The molecular weight excluding hydrogens is 245 g/mol. The fourth-order valence-corrected chi connectivity index (χ4v) is 3.33. The summed E-state index contributed by atoms with van der Waals surface area (Å²) in [6.07, 6.45) is 0.165. The summed E-state index contributed by atoms with van der Waals surface area (Å²) in [4.78, 5) is 0. The lowest BCUT2D eigenvalue weighted by atomic mass is 9.74. The van der Waals surface area contributed by atoms with Crippen LogP contribution < -0.4 is 0 Å². The van der Waals surface area contributed by atoms with Crippen molar-refractivity contribution in [1.82, 2.24) is 0 Å². The second-order valence-corrected chi connectivity index (χ2v) is 5.56. The standard InChI is InChI=1S/C13H21F3O2/c14-13(15,16)11-8-18-7-6-10(11)12(17)9-4-2-1-3-5-9/h9-12,17H,1-8H2/t10?,11-,12?/m0/s1. The molecule has 106 valence electrons. The minimum absolute atomic E-state index is 0.0479. The third kappa shape index (κ3) is 3.18. The molecule has 3 atom stereocenters. The maximum atomic E-state index is 12.9. The van der Waals surface area contributed by atoms with E-state index in [0.29, 0.717) is 13.0 Å². The Kier molecular flexibility index (Phi) is 4.54. The summed E-state index contributed by atoms with van der Waals surface area (Å²) in [5, 5.41) is 10.3. The van der Waals surface area contributed by atoms with E-state index >= 15 is 0 Å². The maximum absolute atomic E-state index is 12.9. The van der Waals surface area contributed by atoms with Crippen molar-refractivity contribution in [2.24, 2.45) is 17.8 Å². The highest BCUT2D eigenvalue weighted by molar-refractivity contribution is 4.88. The quantitative estimate of drug-likeness (QED) is 0.832. The van der Waals surface area contributed by atoms with Gasteiger partial charge >= 0.3 is 6.18 Å². The van der Waals surface area contributed by atoms with Crippen LogP contribution in [0.25, 0.3) is 0 Å². The number of rotatable bonds is 2. The van der Waals surface area contributed by atoms with Gasteiger partial charge in [-0.25, -0.2) is 0 Å². The molecule has 18 heavy (non-hydrogen) atoms. The molecule has 0 aromatic rings. The van der Waals surface area contributed by atoms with Gasteiger partial charge in [0.1, 0.15) is 0 Å². The zero-order chi connectivity index (χ0) is 13.2. The molecule has 0 radical (unpaired) electrons. The largest absolute Gasteiger partial charge is 0.394 e. The van der Waals surface area contributed by atoms with Crippen LogP contribution in [0.2, 0.25) is 0 Å². The Labute approximate surface area is 106 Å². The molecule has 1 aliphatic heterocycles. The van der Waals surface area contributed by atoms with E-state index in [4.69, 9.17) is 4.74 Å². The first-order valence-electron chi connectivity index (χ1n) is 6.82. The van der Waals surface area contributed by atoms with E-state index in [9.17, 15) is 18.3 Å². The summed E-state index contributed by atoms with van der Waals surface area (Å²) in [5.74, 6) is -2.13. The van der Waals surface area contributed by atoms with E-state index in [1.165, 1.54) is 0 Å². The van der Waals surface area contributed by atoms with Gasteiger partial charge in [-0.15, -0.1) is 0 Å². The van der Waals surface area contributed by atoms with Gasteiger partial charge in [0, 0.05) is 12.5 Å². The lowest BCUT2D eigenvalue weighted by Crippen LogP contribution is -2.46. The van der Waals surface area contributed by atoms with Gasteiger partial charge in [0.2, 0.25) is 0 Å². The van der Waals surface area contributed by atoms with Crippen molar-refractivity contribution in [3.63, 3.8) is 0 Å². The number of ether oxygens (including phenoxy) is 1. The molecule has 1 saturated heterocycles. The zero-order valence-corrected chi connectivity index (χ0v) is 10.5. The Bertz CT molecular complexity index is 261. The maximum Gasteiger partial charge on any atom is 0.394 e. The van der Waals surface area contributed by atoms with Gasteiger partial charge in [-0.2, -0.15) is 13.2 Å². The van der Waals surface area contributed by atoms with Crippen molar-refractivity contribution < 1.29 is 23.0 Å².